The highest BCUT2D eigenvalue weighted by molar-refractivity contribution is 7.92. The van der Waals surface area contributed by atoms with Crippen molar-refractivity contribution in [2.24, 2.45) is 0 Å². The number of sulfonamides is 1. The lowest BCUT2D eigenvalue weighted by molar-refractivity contribution is -0.117. The molecule has 0 bridgehead atoms. The molecule has 0 atom stereocenters. The molecule has 2 aromatic carbocycles. The second kappa shape index (κ2) is 5.99. The molecule has 0 saturated carbocycles. The molecule has 26 heavy (non-hydrogen) atoms. The van der Waals surface area contributed by atoms with Crippen LogP contribution in [-0.4, -0.2) is 31.6 Å². The maximum absolute atomic E-state index is 12.6. The van der Waals surface area contributed by atoms with Gasteiger partial charge >= 0.3 is 0 Å². The Kier molecular flexibility index (Phi) is 3.77. The topological polar surface area (TPSA) is 95.2 Å². The van der Waals surface area contributed by atoms with Gasteiger partial charge in [0.05, 0.1) is 17.0 Å². The van der Waals surface area contributed by atoms with E-state index >= 15 is 0 Å². The smallest absolute Gasteiger partial charge is 0.263 e. The molecule has 2 N–H and O–H groups in total. The van der Waals surface area contributed by atoms with Crippen molar-refractivity contribution in [3.05, 3.63) is 60.2 Å². The van der Waals surface area contributed by atoms with Gasteiger partial charge in [0, 0.05) is 18.8 Å². The second-order valence-electron chi connectivity index (χ2n) is 6.06. The highest BCUT2D eigenvalue weighted by Gasteiger charge is 2.26. The number of benzene rings is 2. The van der Waals surface area contributed by atoms with Crippen molar-refractivity contribution in [1.29, 1.82) is 0 Å². The maximum atomic E-state index is 12.6. The average Bonchev–Trinajstić information content (AvgIpc) is 3.20. The molecule has 7 nitrogen and oxygen atoms in total. The Morgan fingerprint density at radius 3 is 2.65 bits per heavy atom. The van der Waals surface area contributed by atoms with Crippen molar-refractivity contribution in [3.63, 3.8) is 0 Å². The molecule has 0 unspecified atom stereocenters. The first-order chi connectivity index (χ1) is 12.4. The zero-order valence-electron chi connectivity index (χ0n) is 13.9. The number of aromatic nitrogens is 2. The molecule has 4 rings (SSSR count). The summed E-state index contributed by atoms with van der Waals surface area (Å²) in [7, 11) is -2.13. The van der Waals surface area contributed by atoms with Crippen LogP contribution in [0, 0.1) is 0 Å². The number of rotatable bonds is 4. The number of anilines is 2. The summed E-state index contributed by atoms with van der Waals surface area (Å²) in [6, 6.07) is 15.8. The van der Waals surface area contributed by atoms with Gasteiger partial charge in [0.25, 0.3) is 10.0 Å². The lowest BCUT2D eigenvalue weighted by Gasteiger charge is -2.11. The summed E-state index contributed by atoms with van der Waals surface area (Å²) in [5.74, 6) is 0.153. The highest BCUT2D eigenvalue weighted by Crippen LogP contribution is 2.30. The van der Waals surface area contributed by atoms with E-state index in [0.29, 0.717) is 11.3 Å². The number of H-pyrrole nitrogens is 1. The minimum absolute atomic E-state index is 0.0534. The van der Waals surface area contributed by atoms with E-state index in [0.717, 1.165) is 11.3 Å². The molecular weight excluding hydrogens is 352 g/mol. The van der Waals surface area contributed by atoms with Gasteiger partial charge in [-0.2, -0.15) is 5.10 Å². The fourth-order valence-electron chi connectivity index (χ4n) is 2.95. The quantitative estimate of drug-likeness (QED) is 0.739. The van der Waals surface area contributed by atoms with Crippen LogP contribution >= 0.6 is 0 Å². The number of carbonyl (C=O) groups excluding carboxylic acids is 1. The molecule has 1 amide bonds. The summed E-state index contributed by atoms with van der Waals surface area (Å²) < 4.78 is 27.8. The fraction of sp³-hybridized carbons (Fsp3) is 0.111. The zero-order chi connectivity index (χ0) is 18.3. The first-order valence-corrected chi connectivity index (χ1v) is 9.45. The summed E-state index contributed by atoms with van der Waals surface area (Å²) in [4.78, 5) is 13.4. The Morgan fingerprint density at radius 2 is 1.88 bits per heavy atom. The molecule has 1 aromatic heterocycles. The number of amides is 1. The third-order valence-corrected chi connectivity index (χ3v) is 5.69. The van der Waals surface area contributed by atoms with E-state index in [2.05, 4.69) is 14.9 Å². The van der Waals surface area contributed by atoms with Gasteiger partial charge in [-0.3, -0.25) is 14.6 Å². The standard InChI is InChI=1S/C18H16N4O3S/c1-22-16-8-7-14(9-13(16)10-18(22)23)26(24,25)21-17-11-15(19-20-17)12-5-3-2-4-6-12/h2-9,11H,10H2,1H3,(H2,19,20,21). The number of nitrogens with one attached hydrogen (secondary N) is 2. The third-order valence-electron chi connectivity index (χ3n) is 4.34. The minimum Gasteiger partial charge on any atom is -0.315 e. The van der Waals surface area contributed by atoms with Crippen LogP contribution in [0.2, 0.25) is 0 Å². The molecule has 0 radical (unpaired) electrons. The van der Waals surface area contributed by atoms with Gasteiger partial charge in [-0.05, 0) is 29.3 Å². The van der Waals surface area contributed by atoms with E-state index in [1.54, 1.807) is 19.2 Å². The summed E-state index contributed by atoms with van der Waals surface area (Å²) in [6.07, 6.45) is 0.204. The molecule has 1 aliphatic rings. The monoisotopic (exact) mass is 368 g/mol. The molecular formula is C18H16N4O3S. The van der Waals surface area contributed by atoms with E-state index in [4.69, 9.17) is 0 Å². The molecule has 3 aromatic rings. The SMILES string of the molecule is CN1C(=O)Cc2cc(S(=O)(=O)Nc3cc(-c4ccccc4)[nH]n3)ccc21. The Labute approximate surface area is 150 Å². The van der Waals surface area contributed by atoms with Gasteiger partial charge in [-0.25, -0.2) is 8.42 Å². The van der Waals surface area contributed by atoms with E-state index in [1.165, 1.54) is 17.0 Å². The molecule has 0 saturated heterocycles. The predicted molar refractivity (Wildman–Crippen MR) is 98.4 cm³/mol. The van der Waals surface area contributed by atoms with Crippen molar-refractivity contribution in [2.75, 3.05) is 16.7 Å². The number of carbonyl (C=O) groups is 1. The number of likely N-dealkylation sites (N-methyl/N-ethyl adjacent to an activating group) is 1. The van der Waals surface area contributed by atoms with Crippen molar-refractivity contribution in [1.82, 2.24) is 10.2 Å². The second-order valence-corrected chi connectivity index (χ2v) is 7.74. The number of fused-ring (bicyclic) bond motifs is 1. The molecule has 0 fully saturated rings. The number of aromatic amines is 1. The number of hydrogen-bond donors (Lipinski definition) is 2. The van der Waals surface area contributed by atoms with Gasteiger partial charge < -0.3 is 4.90 Å². The molecule has 1 aliphatic heterocycles. The fourth-order valence-corrected chi connectivity index (χ4v) is 3.99. The first-order valence-electron chi connectivity index (χ1n) is 7.97. The van der Waals surface area contributed by atoms with Crippen LogP contribution < -0.4 is 9.62 Å². The van der Waals surface area contributed by atoms with Crippen molar-refractivity contribution < 1.29 is 13.2 Å². The van der Waals surface area contributed by atoms with Crippen molar-refractivity contribution in [2.45, 2.75) is 11.3 Å². The lowest BCUT2D eigenvalue weighted by atomic mass is 10.2. The van der Waals surface area contributed by atoms with Gasteiger partial charge in [-0.15, -0.1) is 0 Å². The van der Waals surface area contributed by atoms with Crippen molar-refractivity contribution >= 4 is 27.4 Å². The highest BCUT2D eigenvalue weighted by atomic mass is 32.2. The first kappa shape index (κ1) is 16.3. The van der Waals surface area contributed by atoms with Gasteiger partial charge in [0.2, 0.25) is 5.91 Å². The number of nitrogens with zero attached hydrogens (tertiary/aromatic N) is 2. The summed E-state index contributed by atoms with van der Waals surface area (Å²) in [6.45, 7) is 0. The van der Waals surface area contributed by atoms with E-state index in [9.17, 15) is 13.2 Å². The van der Waals surface area contributed by atoms with Crippen molar-refractivity contribution in [3.8, 4) is 11.3 Å². The zero-order valence-corrected chi connectivity index (χ0v) is 14.7. The number of hydrogen-bond acceptors (Lipinski definition) is 4. The van der Waals surface area contributed by atoms with Gasteiger partial charge in [-0.1, -0.05) is 30.3 Å². The normalized spacial score (nSPS) is 13.7. The molecule has 8 heteroatoms. The largest absolute Gasteiger partial charge is 0.315 e. The molecule has 0 aliphatic carbocycles. The van der Waals surface area contributed by atoms with Crippen LogP contribution in [0.5, 0.6) is 0 Å². The van der Waals surface area contributed by atoms with E-state index in [1.807, 2.05) is 30.3 Å². The minimum atomic E-state index is -3.80. The Hall–Kier alpha value is -3.13. The Morgan fingerprint density at radius 1 is 1.12 bits per heavy atom. The molecule has 0 spiro atoms. The summed E-state index contributed by atoms with van der Waals surface area (Å²) in [5, 5.41) is 6.84. The summed E-state index contributed by atoms with van der Waals surface area (Å²) in [5.41, 5.74) is 3.06. The maximum Gasteiger partial charge on any atom is 0.263 e. The Bertz CT molecular complexity index is 1090. The Balaban J connectivity index is 1.60. The lowest BCUT2D eigenvalue weighted by Crippen LogP contribution is -2.20. The molecule has 132 valence electrons. The van der Waals surface area contributed by atoms with Gasteiger partial charge in [0.15, 0.2) is 5.82 Å². The van der Waals surface area contributed by atoms with Crippen LogP contribution in [0.3, 0.4) is 0 Å². The van der Waals surface area contributed by atoms with Gasteiger partial charge in [0.1, 0.15) is 0 Å². The molecule has 2 heterocycles. The predicted octanol–water partition coefficient (Wildman–Crippen LogP) is 2.40. The van der Waals surface area contributed by atoms with Crippen LogP contribution in [0.1, 0.15) is 5.56 Å². The van der Waals surface area contributed by atoms with Crippen LogP contribution in [0.25, 0.3) is 11.3 Å². The van der Waals surface area contributed by atoms with Crippen LogP contribution in [0.4, 0.5) is 11.5 Å². The van der Waals surface area contributed by atoms with Crippen LogP contribution in [0.15, 0.2) is 59.5 Å². The van der Waals surface area contributed by atoms with E-state index < -0.39 is 10.0 Å². The summed E-state index contributed by atoms with van der Waals surface area (Å²) >= 11 is 0. The average molecular weight is 368 g/mol. The van der Waals surface area contributed by atoms with Crippen LogP contribution in [-0.2, 0) is 21.2 Å². The third kappa shape index (κ3) is 2.84. The van der Waals surface area contributed by atoms with E-state index in [-0.39, 0.29) is 23.0 Å².